The van der Waals surface area contributed by atoms with E-state index in [1.165, 1.54) is 11.8 Å². The Labute approximate surface area is 146 Å². The molecular weight excluding hydrogens is 320 g/mol. The Bertz CT molecular complexity index is 775. The second kappa shape index (κ2) is 7.09. The fraction of sp³-hybridized carbons (Fsp3) is 0.263. The summed E-state index contributed by atoms with van der Waals surface area (Å²) < 4.78 is 0. The lowest BCUT2D eigenvalue weighted by molar-refractivity contribution is -0.123. The van der Waals surface area contributed by atoms with Gasteiger partial charge in [0, 0.05) is 4.90 Å². The number of hydrogen-bond donors (Lipinski definition) is 1. The molecular formula is C19H20N2O2S. The van der Waals surface area contributed by atoms with Crippen molar-refractivity contribution in [2.24, 2.45) is 0 Å². The molecule has 4 nitrogen and oxygen atoms in total. The molecule has 1 atom stereocenters. The molecule has 124 valence electrons. The molecule has 0 spiro atoms. The van der Waals surface area contributed by atoms with Gasteiger partial charge in [-0.05, 0) is 37.1 Å². The molecule has 2 aromatic carbocycles. The third kappa shape index (κ3) is 3.46. The zero-order valence-corrected chi connectivity index (χ0v) is 14.6. The van der Waals surface area contributed by atoms with Gasteiger partial charge in [0.1, 0.15) is 6.54 Å². The minimum atomic E-state index is -0.152. The predicted molar refractivity (Wildman–Crippen MR) is 97.3 cm³/mol. The van der Waals surface area contributed by atoms with Crippen LogP contribution in [-0.4, -0.2) is 24.1 Å². The molecule has 2 amide bonds. The van der Waals surface area contributed by atoms with E-state index in [-0.39, 0.29) is 24.4 Å². The van der Waals surface area contributed by atoms with E-state index in [4.69, 9.17) is 0 Å². The number of aryl methyl sites for hydroxylation is 1. The standard InChI is InChI=1S/C19H20N2O2S/c1-13-7-3-4-8-15(13)14(2)20-18(22)11-21-16-9-5-6-10-17(16)24-12-19(21)23/h3-10,14H,11-12H2,1-2H3,(H,20,22). The van der Waals surface area contributed by atoms with Crippen molar-refractivity contribution in [3.63, 3.8) is 0 Å². The highest BCUT2D eigenvalue weighted by Crippen LogP contribution is 2.34. The first-order valence-electron chi connectivity index (χ1n) is 7.93. The number of carbonyl (C=O) groups is 2. The Morgan fingerprint density at radius 2 is 1.92 bits per heavy atom. The van der Waals surface area contributed by atoms with E-state index >= 15 is 0 Å². The molecule has 1 aliphatic heterocycles. The second-order valence-corrected chi connectivity index (χ2v) is 6.90. The first-order chi connectivity index (χ1) is 11.6. The summed E-state index contributed by atoms with van der Waals surface area (Å²) in [5.74, 6) is 0.190. The number of nitrogens with one attached hydrogen (secondary N) is 1. The lowest BCUT2D eigenvalue weighted by atomic mass is 10.0. The number of benzene rings is 2. The minimum absolute atomic E-state index is 0.0302. The van der Waals surface area contributed by atoms with Crippen molar-refractivity contribution in [1.82, 2.24) is 5.32 Å². The molecule has 1 unspecified atom stereocenters. The highest BCUT2D eigenvalue weighted by atomic mass is 32.2. The third-order valence-corrected chi connectivity index (χ3v) is 5.19. The topological polar surface area (TPSA) is 49.4 Å². The summed E-state index contributed by atoms with van der Waals surface area (Å²) in [4.78, 5) is 27.3. The number of para-hydroxylation sites is 1. The molecule has 3 rings (SSSR count). The van der Waals surface area contributed by atoms with Crippen LogP contribution in [0.1, 0.15) is 24.1 Å². The van der Waals surface area contributed by atoms with E-state index < -0.39 is 0 Å². The maximum absolute atomic E-state index is 12.4. The molecule has 0 bridgehead atoms. The first kappa shape index (κ1) is 16.6. The van der Waals surface area contributed by atoms with Crippen molar-refractivity contribution < 1.29 is 9.59 Å². The van der Waals surface area contributed by atoms with Crippen LogP contribution < -0.4 is 10.2 Å². The first-order valence-corrected chi connectivity index (χ1v) is 8.92. The Hall–Kier alpha value is -2.27. The van der Waals surface area contributed by atoms with Crippen LogP contribution in [0.2, 0.25) is 0 Å². The van der Waals surface area contributed by atoms with Crippen LogP contribution in [0.3, 0.4) is 0 Å². The molecule has 24 heavy (non-hydrogen) atoms. The molecule has 1 N–H and O–H groups in total. The van der Waals surface area contributed by atoms with E-state index in [1.807, 2.05) is 62.4 Å². The SMILES string of the molecule is Cc1ccccc1C(C)NC(=O)CN1C(=O)CSc2ccccc21. The van der Waals surface area contributed by atoms with Gasteiger partial charge in [0.15, 0.2) is 0 Å². The zero-order valence-electron chi connectivity index (χ0n) is 13.8. The summed E-state index contributed by atoms with van der Waals surface area (Å²) in [5.41, 5.74) is 3.05. The van der Waals surface area contributed by atoms with E-state index in [2.05, 4.69) is 5.32 Å². The molecule has 0 saturated heterocycles. The predicted octanol–water partition coefficient (Wildman–Crippen LogP) is 3.31. The van der Waals surface area contributed by atoms with Crippen LogP contribution in [0, 0.1) is 6.92 Å². The number of nitrogens with zero attached hydrogens (tertiary/aromatic N) is 1. The Morgan fingerprint density at radius 1 is 1.21 bits per heavy atom. The fourth-order valence-electron chi connectivity index (χ4n) is 2.91. The summed E-state index contributed by atoms with van der Waals surface area (Å²) in [6.07, 6.45) is 0. The molecule has 1 heterocycles. The quantitative estimate of drug-likeness (QED) is 0.929. The highest BCUT2D eigenvalue weighted by Gasteiger charge is 2.26. The molecule has 2 aromatic rings. The van der Waals surface area contributed by atoms with Crippen molar-refractivity contribution in [3.05, 3.63) is 59.7 Å². The van der Waals surface area contributed by atoms with Gasteiger partial charge in [-0.3, -0.25) is 9.59 Å². The number of rotatable bonds is 4. The maximum atomic E-state index is 12.4. The van der Waals surface area contributed by atoms with E-state index in [1.54, 1.807) is 4.90 Å². The normalized spacial score (nSPS) is 14.9. The average molecular weight is 340 g/mol. The van der Waals surface area contributed by atoms with Crippen LogP contribution in [0.25, 0.3) is 0 Å². The summed E-state index contributed by atoms with van der Waals surface area (Å²) in [6, 6.07) is 15.6. The van der Waals surface area contributed by atoms with Gasteiger partial charge in [0.05, 0.1) is 17.5 Å². The van der Waals surface area contributed by atoms with Crippen molar-refractivity contribution in [1.29, 1.82) is 0 Å². The van der Waals surface area contributed by atoms with Gasteiger partial charge in [-0.1, -0.05) is 36.4 Å². The van der Waals surface area contributed by atoms with Crippen LogP contribution in [0.15, 0.2) is 53.4 Å². The van der Waals surface area contributed by atoms with Crippen molar-refractivity contribution in [2.45, 2.75) is 24.8 Å². The highest BCUT2D eigenvalue weighted by molar-refractivity contribution is 8.00. The molecule has 0 saturated carbocycles. The third-order valence-electron chi connectivity index (χ3n) is 4.14. The lowest BCUT2D eigenvalue weighted by Gasteiger charge is -2.29. The minimum Gasteiger partial charge on any atom is -0.348 e. The molecule has 0 aromatic heterocycles. The number of amides is 2. The van der Waals surface area contributed by atoms with Gasteiger partial charge < -0.3 is 10.2 Å². The zero-order chi connectivity index (χ0) is 17.1. The van der Waals surface area contributed by atoms with Crippen LogP contribution in [0.5, 0.6) is 0 Å². The molecule has 5 heteroatoms. The fourth-order valence-corrected chi connectivity index (χ4v) is 3.84. The summed E-state index contributed by atoms with van der Waals surface area (Å²) >= 11 is 1.52. The van der Waals surface area contributed by atoms with Gasteiger partial charge in [0.25, 0.3) is 0 Å². The van der Waals surface area contributed by atoms with Crippen molar-refractivity contribution in [3.8, 4) is 0 Å². The summed E-state index contributed by atoms with van der Waals surface area (Å²) in [6.45, 7) is 4.04. The van der Waals surface area contributed by atoms with E-state index in [9.17, 15) is 9.59 Å². The number of carbonyl (C=O) groups excluding carboxylic acids is 2. The largest absolute Gasteiger partial charge is 0.348 e. The lowest BCUT2D eigenvalue weighted by Crippen LogP contribution is -2.43. The van der Waals surface area contributed by atoms with Crippen molar-refractivity contribution >= 4 is 29.3 Å². The number of fused-ring (bicyclic) bond motifs is 1. The van der Waals surface area contributed by atoms with Gasteiger partial charge in [-0.25, -0.2) is 0 Å². The van der Waals surface area contributed by atoms with Crippen LogP contribution in [0.4, 0.5) is 5.69 Å². The summed E-state index contributed by atoms with van der Waals surface area (Å²) in [5, 5.41) is 3.00. The maximum Gasteiger partial charge on any atom is 0.240 e. The second-order valence-electron chi connectivity index (χ2n) is 5.88. The number of anilines is 1. The smallest absolute Gasteiger partial charge is 0.240 e. The Balaban J connectivity index is 1.71. The Kier molecular flexibility index (Phi) is 4.90. The van der Waals surface area contributed by atoms with Gasteiger partial charge in [-0.2, -0.15) is 0 Å². The van der Waals surface area contributed by atoms with E-state index in [0.29, 0.717) is 5.75 Å². The number of thioether (sulfide) groups is 1. The molecule has 0 radical (unpaired) electrons. The molecule has 0 aliphatic carbocycles. The van der Waals surface area contributed by atoms with Crippen LogP contribution in [-0.2, 0) is 9.59 Å². The number of hydrogen-bond acceptors (Lipinski definition) is 3. The van der Waals surface area contributed by atoms with Crippen molar-refractivity contribution in [2.75, 3.05) is 17.2 Å². The van der Waals surface area contributed by atoms with Gasteiger partial charge in [0.2, 0.25) is 11.8 Å². The Morgan fingerprint density at radius 3 is 2.71 bits per heavy atom. The monoisotopic (exact) mass is 340 g/mol. The van der Waals surface area contributed by atoms with Gasteiger partial charge in [-0.15, -0.1) is 11.8 Å². The van der Waals surface area contributed by atoms with Crippen LogP contribution >= 0.6 is 11.8 Å². The molecule has 1 aliphatic rings. The van der Waals surface area contributed by atoms with Gasteiger partial charge >= 0.3 is 0 Å². The molecule has 0 fully saturated rings. The average Bonchev–Trinajstić information content (AvgIpc) is 2.58. The summed E-state index contributed by atoms with van der Waals surface area (Å²) in [7, 11) is 0. The van der Waals surface area contributed by atoms with E-state index in [0.717, 1.165) is 21.7 Å².